The van der Waals surface area contributed by atoms with Crippen LogP contribution >= 0.6 is 0 Å². The first-order valence-corrected chi connectivity index (χ1v) is 4.31. The van der Waals surface area contributed by atoms with Crippen LogP contribution in [0.2, 0.25) is 0 Å². The van der Waals surface area contributed by atoms with Crippen molar-refractivity contribution in [1.29, 1.82) is 0 Å². The number of hydrogen-bond acceptors (Lipinski definition) is 2. The number of alkyl halides is 2. The summed E-state index contributed by atoms with van der Waals surface area (Å²) in [6.45, 7) is 0.964. The van der Waals surface area contributed by atoms with Crippen LogP contribution in [0.4, 0.5) is 8.78 Å². The van der Waals surface area contributed by atoms with Crippen LogP contribution in [0.3, 0.4) is 0 Å². The van der Waals surface area contributed by atoms with Crippen LogP contribution in [0.15, 0.2) is 22.8 Å². The van der Waals surface area contributed by atoms with E-state index < -0.39 is 12.3 Å². The number of rotatable bonds is 2. The highest BCUT2D eigenvalue weighted by atomic mass is 19.3. The van der Waals surface area contributed by atoms with Gasteiger partial charge in [0, 0.05) is 24.9 Å². The Bertz CT molecular complexity index is 261. The molecule has 72 valence electrons. The van der Waals surface area contributed by atoms with Crippen LogP contribution in [-0.4, -0.2) is 19.5 Å². The predicted molar refractivity (Wildman–Crippen MR) is 43.8 cm³/mol. The van der Waals surface area contributed by atoms with Gasteiger partial charge in [0.1, 0.15) is 5.76 Å². The fourth-order valence-corrected chi connectivity index (χ4v) is 1.78. The summed E-state index contributed by atoms with van der Waals surface area (Å²) in [5.41, 5.74) is 0. The summed E-state index contributed by atoms with van der Waals surface area (Å²) in [4.78, 5) is 0. The first kappa shape index (κ1) is 8.69. The fraction of sp³-hybridized carbons (Fsp3) is 0.556. The summed E-state index contributed by atoms with van der Waals surface area (Å²) in [7, 11) is 0. The molecule has 1 N–H and O–H groups in total. The van der Waals surface area contributed by atoms with Crippen molar-refractivity contribution in [2.45, 2.75) is 12.3 Å². The molecule has 0 aromatic carbocycles. The summed E-state index contributed by atoms with van der Waals surface area (Å²) >= 11 is 0. The zero-order chi connectivity index (χ0) is 9.26. The van der Waals surface area contributed by atoms with Gasteiger partial charge in [0.15, 0.2) is 0 Å². The van der Waals surface area contributed by atoms with E-state index in [1.807, 2.05) is 0 Å². The molecule has 2 unspecified atom stereocenters. The molecule has 2 nitrogen and oxygen atoms in total. The van der Waals surface area contributed by atoms with Crippen LogP contribution in [-0.2, 0) is 0 Å². The first-order valence-electron chi connectivity index (χ1n) is 4.31. The maximum Gasteiger partial charge on any atom is 0.243 e. The summed E-state index contributed by atoms with van der Waals surface area (Å²) in [5, 5.41) is 2.95. The number of hydrogen-bond donors (Lipinski definition) is 1. The molecule has 1 saturated heterocycles. The van der Waals surface area contributed by atoms with E-state index in [2.05, 4.69) is 5.32 Å². The smallest absolute Gasteiger partial charge is 0.243 e. The standard InChI is InChI=1S/C9H11F2NO/c10-9(11)7-5-12-4-6(7)8-2-1-3-13-8/h1-3,6-7,9,12H,4-5H2. The maximum atomic E-state index is 12.5. The summed E-state index contributed by atoms with van der Waals surface area (Å²) in [6.07, 6.45) is -0.749. The van der Waals surface area contributed by atoms with Crippen molar-refractivity contribution in [3.63, 3.8) is 0 Å². The zero-order valence-corrected chi connectivity index (χ0v) is 7.04. The number of furan rings is 1. The van der Waals surface area contributed by atoms with Gasteiger partial charge < -0.3 is 9.73 Å². The van der Waals surface area contributed by atoms with Gasteiger partial charge in [-0.3, -0.25) is 0 Å². The van der Waals surface area contributed by atoms with Crippen LogP contribution in [0, 0.1) is 5.92 Å². The zero-order valence-electron chi connectivity index (χ0n) is 7.04. The topological polar surface area (TPSA) is 25.2 Å². The molecule has 4 heteroatoms. The summed E-state index contributed by atoms with van der Waals surface area (Å²) < 4.78 is 30.1. The largest absolute Gasteiger partial charge is 0.469 e. The van der Waals surface area contributed by atoms with Crippen molar-refractivity contribution in [3.8, 4) is 0 Å². The molecule has 0 bridgehead atoms. The molecule has 0 spiro atoms. The van der Waals surface area contributed by atoms with Gasteiger partial charge in [-0.2, -0.15) is 0 Å². The van der Waals surface area contributed by atoms with E-state index in [0.717, 1.165) is 0 Å². The lowest BCUT2D eigenvalue weighted by atomic mass is 9.94. The minimum absolute atomic E-state index is 0.171. The summed E-state index contributed by atoms with van der Waals surface area (Å²) in [6, 6.07) is 3.49. The first-order chi connectivity index (χ1) is 6.29. The molecule has 0 saturated carbocycles. The SMILES string of the molecule is FC(F)C1CNCC1c1ccco1. The van der Waals surface area contributed by atoms with E-state index in [1.165, 1.54) is 6.26 Å². The Morgan fingerprint density at radius 2 is 2.31 bits per heavy atom. The molecule has 0 amide bonds. The monoisotopic (exact) mass is 187 g/mol. The van der Waals surface area contributed by atoms with Crippen molar-refractivity contribution in [2.75, 3.05) is 13.1 Å². The molecule has 1 aromatic heterocycles. The Labute approximate surface area is 74.9 Å². The highest BCUT2D eigenvalue weighted by Gasteiger charge is 2.36. The Balaban J connectivity index is 2.14. The second kappa shape index (κ2) is 3.46. The maximum absolute atomic E-state index is 12.5. The second-order valence-electron chi connectivity index (χ2n) is 3.28. The van der Waals surface area contributed by atoms with Gasteiger partial charge in [0.25, 0.3) is 0 Å². The minimum atomic E-state index is -2.27. The Hall–Kier alpha value is -0.900. The van der Waals surface area contributed by atoms with E-state index in [0.29, 0.717) is 18.8 Å². The highest BCUT2D eigenvalue weighted by molar-refractivity contribution is 5.10. The summed E-state index contributed by atoms with van der Waals surface area (Å²) in [5.74, 6) is -0.114. The third-order valence-electron chi connectivity index (χ3n) is 2.49. The van der Waals surface area contributed by atoms with E-state index >= 15 is 0 Å². The third-order valence-corrected chi connectivity index (χ3v) is 2.49. The lowest BCUT2D eigenvalue weighted by molar-refractivity contribution is 0.0753. The van der Waals surface area contributed by atoms with Crippen molar-refractivity contribution in [2.24, 2.45) is 5.92 Å². The third kappa shape index (κ3) is 1.58. The van der Waals surface area contributed by atoms with Gasteiger partial charge in [-0.05, 0) is 12.1 Å². The molecule has 0 aliphatic carbocycles. The lowest BCUT2D eigenvalue weighted by Gasteiger charge is -2.14. The second-order valence-corrected chi connectivity index (χ2v) is 3.28. The predicted octanol–water partition coefficient (Wildman–Crippen LogP) is 1.85. The Morgan fingerprint density at radius 3 is 2.92 bits per heavy atom. The van der Waals surface area contributed by atoms with Crippen molar-refractivity contribution in [1.82, 2.24) is 5.32 Å². The van der Waals surface area contributed by atoms with Crippen molar-refractivity contribution < 1.29 is 13.2 Å². The number of halogens is 2. The van der Waals surface area contributed by atoms with Crippen LogP contribution in [0.1, 0.15) is 11.7 Å². The van der Waals surface area contributed by atoms with Crippen LogP contribution in [0.25, 0.3) is 0 Å². The molecule has 1 fully saturated rings. The quantitative estimate of drug-likeness (QED) is 0.764. The molecule has 1 aliphatic heterocycles. The van der Waals surface area contributed by atoms with Crippen molar-refractivity contribution >= 4 is 0 Å². The van der Waals surface area contributed by atoms with E-state index in [4.69, 9.17) is 4.42 Å². The van der Waals surface area contributed by atoms with E-state index in [9.17, 15) is 8.78 Å². The molecule has 0 radical (unpaired) electrons. The van der Waals surface area contributed by atoms with Gasteiger partial charge >= 0.3 is 0 Å². The minimum Gasteiger partial charge on any atom is -0.469 e. The van der Waals surface area contributed by atoms with Gasteiger partial charge in [-0.15, -0.1) is 0 Å². The van der Waals surface area contributed by atoms with Crippen LogP contribution < -0.4 is 5.32 Å². The number of nitrogens with one attached hydrogen (secondary N) is 1. The van der Waals surface area contributed by atoms with Crippen molar-refractivity contribution in [3.05, 3.63) is 24.2 Å². The Kier molecular flexibility index (Phi) is 2.31. The Morgan fingerprint density at radius 1 is 1.46 bits per heavy atom. The lowest BCUT2D eigenvalue weighted by Crippen LogP contribution is -2.18. The van der Waals surface area contributed by atoms with E-state index in [-0.39, 0.29) is 5.92 Å². The molecule has 1 aromatic rings. The normalized spacial score (nSPS) is 28.5. The van der Waals surface area contributed by atoms with Crippen LogP contribution in [0.5, 0.6) is 0 Å². The van der Waals surface area contributed by atoms with Gasteiger partial charge in [-0.1, -0.05) is 0 Å². The van der Waals surface area contributed by atoms with Gasteiger partial charge in [0.2, 0.25) is 6.43 Å². The average molecular weight is 187 g/mol. The molecular weight excluding hydrogens is 176 g/mol. The van der Waals surface area contributed by atoms with E-state index in [1.54, 1.807) is 12.1 Å². The molecular formula is C9H11F2NO. The molecule has 2 atom stereocenters. The van der Waals surface area contributed by atoms with Gasteiger partial charge in [0.05, 0.1) is 6.26 Å². The average Bonchev–Trinajstić information content (AvgIpc) is 2.74. The van der Waals surface area contributed by atoms with Gasteiger partial charge in [-0.25, -0.2) is 8.78 Å². The molecule has 2 rings (SSSR count). The molecule has 13 heavy (non-hydrogen) atoms. The molecule has 1 aliphatic rings. The molecule has 2 heterocycles. The fourth-order valence-electron chi connectivity index (χ4n) is 1.78. The highest BCUT2D eigenvalue weighted by Crippen LogP contribution is 2.32.